The summed E-state index contributed by atoms with van der Waals surface area (Å²) in [6.07, 6.45) is 5.61. The van der Waals surface area contributed by atoms with Crippen LogP contribution < -0.4 is 10.6 Å². The van der Waals surface area contributed by atoms with Gasteiger partial charge in [0.2, 0.25) is 0 Å². The standard InChI is InChI=1S/C26H30N6O/c1-19-4-3-5-20(2)25(19)30-26-24-16-27-18-32(24)23(17-29-26)21-6-8-22(9-7-21)28-10-11-31-12-14-33-15-13-31/h3-9,16-18,28H,10-15H2,1-2H3,(H,29,30). The first-order chi connectivity index (χ1) is 16.2. The minimum Gasteiger partial charge on any atom is -0.384 e. The molecule has 7 heteroatoms. The summed E-state index contributed by atoms with van der Waals surface area (Å²) in [4.78, 5) is 11.6. The van der Waals surface area contributed by atoms with Crippen LogP contribution in [-0.2, 0) is 4.74 Å². The lowest BCUT2D eigenvalue weighted by Gasteiger charge is -2.26. The van der Waals surface area contributed by atoms with E-state index >= 15 is 0 Å². The molecule has 2 N–H and O–H groups in total. The molecular formula is C26H30N6O. The smallest absolute Gasteiger partial charge is 0.156 e. The molecule has 4 aromatic rings. The number of anilines is 3. The second-order valence-corrected chi connectivity index (χ2v) is 8.49. The van der Waals surface area contributed by atoms with E-state index in [9.17, 15) is 0 Å². The molecule has 0 amide bonds. The third-order valence-corrected chi connectivity index (χ3v) is 6.22. The van der Waals surface area contributed by atoms with Gasteiger partial charge in [0.15, 0.2) is 5.82 Å². The molecular weight excluding hydrogens is 412 g/mol. The fourth-order valence-electron chi connectivity index (χ4n) is 4.30. The van der Waals surface area contributed by atoms with Crippen LogP contribution in [0.1, 0.15) is 11.1 Å². The third kappa shape index (κ3) is 4.69. The second kappa shape index (κ2) is 9.60. The Bertz CT molecular complexity index is 1210. The van der Waals surface area contributed by atoms with Gasteiger partial charge in [-0.25, -0.2) is 9.97 Å². The lowest BCUT2D eigenvalue weighted by molar-refractivity contribution is 0.0398. The van der Waals surface area contributed by atoms with Gasteiger partial charge in [-0.3, -0.25) is 9.30 Å². The molecule has 0 aliphatic carbocycles. The molecule has 1 aliphatic rings. The van der Waals surface area contributed by atoms with Gasteiger partial charge in [-0.05, 0) is 37.1 Å². The molecule has 170 valence electrons. The van der Waals surface area contributed by atoms with E-state index < -0.39 is 0 Å². The Morgan fingerprint density at radius 2 is 1.73 bits per heavy atom. The van der Waals surface area contributed by atoms with Crippen molar-refractivity contribution in [3.8, 4) is 11.3 Å². The average molecular weight is 443 g/mol. The number of aromatic nitrogens is 3. The highest BCUT2D eigenvalue weighted by atomic mass is 16.5. The van der Waals surface area contributed by atoms with Gasteiger partial charge < -0.3 is 15.4 Å². The molecule has 1 aliphatic heterocycles. The Morgan fingerprint density at radius 1 is 0.970 bits per heavy atom. The Kier molecular flexibility index (Phi) is 6.24. The highest BCUT2D eigenvalue weighted by Gasteiger charge is 2.12. The van der Waals surface area contributed by atoms with Gasteiger partial charge in [0.1, 0.15) is 5.52 Å². The van der Waals surface area contributed by atoms with Crippen molar-refractivity contribution in [2.75, 3.05) is 50.0 Å². The quantitative estimate of drug-likeness (QED) is 0.439. The normalized spacial score (nSPS) is 14.5. The summed E-state index contributed by atoms with van der Waals surface area (Å²) in [5.41, 5.74) is 7.65. The van der Waals surface area contributed by atoms with E-state index in [1.165, 1.54) is 11.1 Å². The molecule has 0 bridgehead atoms. The molecule has 0 spiro atoms. The van der Waals surface area contributed by atoms with Gasteiger partial charge in [0, 0.05) is 43.1 Å². The number of nitrogens with zero attached hydrogens (tertiary/aromatic N) is 4. The molecule has 33 heavy (non-hydrogen) atoms. The van der Waals surface area contributed by atoms with Crippen molar-refractivity contribution < 1.29 is 4.74 Å². The van der Waals surface area contributed by atoms with Gasteiger partial charge in [-0.2, -0.15) is 0 Å². The minimum atomic E-state index is 0.801. The van der Waals surface area contributed by atoms with Crippen molar-refractivity contribution >= 4 is 22.7 Å². The van der Waals surface area contributed by atoms with E-state index in [2.05, 4.69) is 81.2 Å². The highest BCUT2D eigenvalue weighted by Crippen LogP contribution is 2.29. The zero-order valence-electron chi connectivity index (χ0n) is 19.2. The van der Waals surface area contributed by atoms with E-state index in [0.29, 0.717) is 0 Å². The van der Waals surface area contributed by atoms with E-state index in [4.69, 9.17) is 9.72 Å². The Hall–Kier alpha value is -3.42. The van der Waals surface area contributed by atoms with Crippen LogP contribution in [0, 0.1) is 13.8 Å². The van der Waals surface area contributed by atoms with Crippen molar-refractivity contribution in [1.82, 2.24) is 19.3 Å². The zero-order chi connectivity index (χ0) is 22.6. The van der Waals surface area contributed by atoms with Crippen LogP contribution in [0.2, 0.25) is 0 Å². The molecule has 3 heterocycles. The van der Waals surface area contributed by atoms with Crippen LogP contribution in [0.15, 0.2) is 61.2 Å². The van der Waals surface area contributed by atoms with E-state index in [1.807, 2.05) is 18.7 Å². The van der Waals surface area contributed by atoms with Crippen LogP contribution in [0.25, 0.3) is 16.8 Å². The number of hydrogen-bond acceptors (Lipinski definition) is 6. The number of morpholine rings is 1. The number of fused-ring (bicyclic) bond motifs is 1. The molecule has 0 unspecified atom stereocenters. The molecule has 1 saturated heterocycles. The highest BCUT2D eigenvalue weighted by molar-refractivity contribution is 5.78. The number of aryl methyl sites for hydroxylation is 2. The fourth-order valence-corrected chi connectivity index (χ4v) is 4.30. The van der Waals surface area contributed by atoms with Crippen LogP contribution in [0.4, 0.5) is 17.2 Å². The van der Waals surface area contributed by atoms with Crippen molar-refractivity contribution in [2.45, 2.75) is 13.8 Å². The number of rotatable bonds is 7. The third-order valence-electron chi connectivity index (χ3n) is 6.22. The van der Waals surface area contributed by atoms with Crippen LogP contribution in [-0.4, -0.2) is 58.7 Å². The number of benzene rings is 2. The van der Waals surface area contributed by atoms with Crippen molar-refractivity contribution in [3.63, 3.8) is 0 Å². The topological polar surface area (TPSA) is 66.7 Å². The summed E-state index contributed by atoms with van der Waals surface area (Å²) in [6, 6.07) is 14.8. The van der Waals surface area contributed by atoms with Gasteiger partial charge in [0.25, 0.3) is 0 Å². The van der Waals surface area contributed by atoms with Gasteiger partial charge in [-0.15, -0.1) is 0 Å². The number of para-hydroxylation sites is 1. The molecule has 0 atom stereocenters. The predicted octanol–water partition coefficient (Wildman–Crippen LogP) is 4.50. The Labute approximate surface area is 194 Å². The number of ether oxygens (including phenoxy) is 1. The Balaban J connectivity index is 1.32. The summed E-state index contributed by atoms with van der Waals surface area (Å²) < 4.78 is 7.50. The van der Waals surface area contributed by atoms with Crippen molar-refractivity contribution in [2.24, 2.45) is 0 Å². The zero-order valence-corrected chi connectivity index (χ0v) is 19.2. The molecule has 0 radical (unpaired) electrons. The number of hydrogen-bond donors (Lipinski definition) is 2. The summed E-state index contributed by atoms with van der Waals surface area (Å²) in [7, 11) is 0. The Morgan fingerprint density at radius 3 is 2.48 bits per heavy atom. The first-order valence-electron chi connectivity index (χ1n) is 11.5. The minimum absolute atomic E-state index is 0.801. The van der Waals surface area contributed by atoms with E-state index in [-0.39, 0.29) is 0 Å². The van der Waals surface area contributed by atoms with Crippen molar-refractivity contribution in [3.05, 3.63) is 72.3 Å². The lowest BCUT2D eigenvalue weighted by Crippen LogP contribution is -2.38. The summed E-state index contributed by atoms with van der Waals surface area (Å²) in [5, 5.41) is 7.04. The maximum absolute atomic E-state index is 5.41. The maximum Gasteiger partial charge on any atom is 0.156 e. The van der Waals surface area contributed by atoms with E-state index in [0.717, 1.165) is 73.4 Å². The van der Waals surface area contributed by atoms with Gasteiger partial charge >= 0.3 is 0 Å². The molecule has 2 aromatic carbocycles. The SMILES string of the molecule is Cc1cccc(C)c1Nc1ncc(-c2ccc(NCCN3CCOCC3)cc2)n2cncc12. The maximum atomic E-state index is 5.41. The number of nitrogens with one attached hydrogen (secondary N) is 2. The van der Waals surface area contributed by atoms with E-state index in [1.54, 1.807) is 0 Å². The van der Waals surface area contributed by atoms with Crippen LogP contribution in [0.3, 0.4) is 0 Å². The molecule has 2 aromatic heterocycles. The summed E-state index contributed by atoms with van der Waals surface area (Å²) >= 11 is 0. The first-order valence-corrected chi connectivity index (χ1v) is 11.5. The monoisotopic (exact) mass is 442 g/mol. The summed E-state index contributed by atoms with van der Waals surface area (Å²) in [5.74, 6) is 0.801. The average Bonchev–Trinajstić information content (AvgIpc) is 3.33. The van der Waals surface area contributed by atoms with Crippen LogP contribution >= 0.6 is 0 Å². The van der Waals surface area contributed by atoms with Crippen molar-refractivity contribution in [1.29, 1.82) is 0 Å². The molecule has 1 fully saturated rings. The van der Waals surface area contributed by atoms with Gasteiger partial charge in [-0.1, -0.05) is 30.3 Å². The molecule has 0 saturated carbocycles. The molecule has 7 nitrogen and oxygen atoms in total. The largest absolute Gasteiger partial charge is 0.384 e. The lowest BCUT2D eigenvalue weighted by atomic mass is 10.1. The molecule has 5 rings (SSSR count). The summed E-state index contributed by atoms with van der Waals surface area (Å²) in [6.45, 7) is 9.87. The number of imidazole rings is 1. The first kappa shape index (κ1) is 21.4. The predicted molar refractivity (Wildman–Crippen MR) is 133 cm³/mol. The van der Waals surface area contributed by atoms with Crippen LogP contribution in [0.5, 0.6) is 0 Å². The second-order valence-electron chi connectivity index (χ2n) is 8.49. The fraction of sp³-hybridized carbons (Fsp3) is 0.308. The van der Waals surface area contributed by atoms with Gasteiger partial charge in [0.05, 0.1) is 37.6 Å².